The number of anilines is 1. The molecule has 0 aromatic heterocycles. The molecule has 1 aromatic rings. The average molecular weight is 281 g/mol. The SMILES string of the molecule is C=C1NC(C)=Nc2cc3c(cc21)C(CC)(CC)C(=C)N3C. The Balaban J connectivity index is 2.29. The molecule has 0 amide bonds. The second-order valence-corrected chi connectivity index (χ2v) is 5.98. The Hall–Kier alpha value is -2.03. The van der Waals surface area contributed by atoms with E-state index in [0.29, 0.717) is 0 Å². The molecule has 110 valence electrons. The van der Waals surface area contributed by atoms with E-state index >= 15 is 0 Å². The molecule has 1 N–H and O–H groups in total. The first-order valence-electron chi connectivity index (χ1n) is 7.57. The lowest BCUT2D eigenvalue weighted by atomic mass is 9.75. The van der Waals surface area contributed by atoms with Gasteiger partial charge in [-0.15, -0.1) is 0 Å². The van der Waals surface area contributed by atoms with E-state index in [1.165, 1.54) is 16.9 Å². The van der Waals surface area contributed by atoms with Crippen molar-refractivity contribution in [1.82, 2.24) is 5.32 Å². The molecular weight excluding hydrogens is 258 g/mol. The van der Waals surface area contributed by atoms with Crippen LogP contribution in [0.1, 0.15) is 44.7 Å². The standard InChI is InChI=1S/C18H23N3/c1-7-18(8-2)12(4)21(6)17-10-16-14(9-15(17)18)11(3)19-13(5)20-16/h9-10H,3-4,7-8H2,1-2,5-6H3,(H,19,20). The Morgan fingerprint density at radius 2 is 1.90 bits per heavy atom. The summed E-state index contributed by atoms with van der Waals surface area (Å²) >= 11 is 0. The zero-order chi connectivity index (χ0) is 15.4. The number of nitrogens with zero attached hydrogens (tertiary/aromatic N) is 2. The maximum Gasteiger partial charge on any atom is 0.103 e. The quantitative estimate of drug-likeness (QED) is 0.873. The van der Waals surface area contributed by atoms with Gasteiger partial charge in [0.15, 0.2) is 0 Å². The normalized spacial score (nSPS) is 19.0. The smallest absolute Gasteiger partial charge is 0.103 e. The number of fused-ring (bicyclic) bond motifs is 2. The van der Waals surface area contributed by atoms with E-state index in [0.717, 1.165) is 35.6 Å². The van der Waals surface area contributed by atoms with Crippen molar-refractivity contribution in [3.05, 3.63) is 42.1 Å². The van der Waals surface area contributed by atoms with Gasteiger partial charge in [0.2, 0.25) is 0 Å². The number of nitrogens with one attached hydrogen (secondary N) is 1. The zero-order valence-corrected chi connectivity index (χ0v) is 13.4. The van der Waals surface area contributed by atoms with Gasteiger partial charge in [-0.05, 0) is 37.5 Å². The fourth-order valence-electron chi connectivity index (χ4n) is 3.73. The zero-order valence-electron chi connectivity index (χ0n) is 13.4. The highest BCUT2D eigenvalue weighted by Gasteiger charge is 2.43. The van der Waals surface area contributed by atoms with Crippen LogP contribution in [0.25, 0.3) is 5.70 Å². The van der Waals surface area contributed by atoms with Crippen molar-refractivity contribution in [3.8, 4) is 0 Å². The molecule has 2 heterocycles. The summed E-state index contributed by atoms with van der Waals surface area (Å²) < 4.78 is 0. The number of aliphatic imine (C=N–C) groups is 1. The van der Waals surface area contributed by atoms with Crippen LogP contribution >= 0.6 is 0 Å². The van der Waals surface area contributed by atoms with Crippen molar-refractivity contribution in [2.24, 2.45) is 4.99 Å². The third-order valence-electron chi connectivity index (χ3n) is 5.10. The Labute approximate surface area is 127 Å². The Morgan fingerprint density at radius 3 is 2.52 bits per heavy atom. The van der Waals surface area contributed by atoms with E-state index in [4.69, 9.17) is 0 Å². The maximum atomic E-state index is 4.62. The van der Waals surface area contributed by atoms with Gasteiger partial charge in [0.25, 0.3) is 0 Å². The topological polar surface area (TPSA) is 27.6 Å². The van der Waals surface area contributed by atoms with Gasteiger partial charge < -0.3 is 10.2 Å². The summed E-state index contributed by atoms with van der Waals surface area (Å²) in [6.45, 7) is 14.9. The van der Waals surface area contributed by atoms with Gasteiger partial charge in [-0.2, -0.15) is 0 Å². The van der Waals surface area contributed by atoms with Crippen LogP contribution in [0.3, 0.4) is 0 Å². The van der Waals surface area contributed by atoms with Gasteiger partial charge in [0, 0.05) is 35.1 Å². The molecule has 2 aliphatic heterocycles. The van der Waals surface area contributed by atoms with E-state index in [1.54, 1.807) is 0 Å². The molecule has 0 unspecified atom stereocenters. The highest BCUT2D eigenvalue weighted by atomic mass is 15.2. The minimum Gasteiger partial charge on any atom is -0.348 e. The van der Waals surface area contributed by atoms with Crippen molar-refractivity contribution in [2.45, 2.75) is 39.0 Å². The number of likely N-dealkylation sites (N-methyl/N-ethyl adjacent to an activating group) is 1. The molecule has 21 heavy (non-hydrogen) atoms. The third kappa shape index (κ3) is 1.70. The van der Waals surface area contributed by atoms with Crippen molar-refractivity contribution in [2.75, 3.05) is 11.9 Å². The second kappa shape index (κ2) is 4.48. The summed E-state index contributed by atoms with van der Waals surface area (Å²) in [6, 6.07) is 4.44. The maximum absolute atomic E-state index is 4.62. The molecule has 2 aliphatic rings. The summed E-state index contributed by atoms with van der Waals surface area (Å²) in [6.07, 6.45) is 2.11. The van der Waals surface area contributed by atoms with Crippen LogP contribution in [0.15, 0.2) is 36.0 Å². The molecule has 3 heteroatoms. The third-order valence-corrected chi connectivity index (χ3v) is 5.10. The lowest BCUT2D eigenvalue weighted by molar-refractivity contribution is 0.480. The summed E-state index contributed by atoms with van der Waals surface area (Å²) in [7, 11) is 2.10. The molecule has 0 radical (unpaired) electrons. The largest absolute Gasteiger partial charge is 0.348 e. The van der Waals surface area contributed by atoms with Crippen molar-refractivity contribution >= 4 is 22.9 Å². The second-order valence-electron chi connectivity index (χ2n) is 5.98. The van der Waals surface area contributed by atoms with Crippen LogP contribution in [0, 0.1) is 0 Å². The van der Waals surface area contributed by atoms with E-state index in [-0.39, 0.29) is 5.41 Å². The first-order chi connectivity index (χ1) is 9.94. The molecule has 0 spiro atoms. The monoisotopic (exact) mass is 281 g/mol. The number of hydrogen-bond donors (Lipinski definition) is 1. The van der Waals surface area contributed by atoms with E-state index in [1.807, 2.05) is 6.92 Å². The van der Waals surface area contributed by atoms with Crippen LogP contribution in [0.4, 0.5) is 11.4 Å². The Morgan fingerprint density at radius 1 is 1.24 bits per heavy atom. The fourth-order valence-corrected chi connectivity index (χ4v) is 3.73. The van der Waals surface area contributed by atoms with E-state index < -0.39 is 0 Å². The van der Waals surface area contributed by atoms with Gasteiger partial charge >= 0.3 is 0 Å². The molecule has 0 aliphatic carbocycles. The number of allylic oxidation sites excluding steroid dienone is 1. The van der Waals surface area contributed by atoms with Gasteiger partial charge in [0.05, 0.1) is 5.69 Å². The molecule has 3 nitrogen and oxygen atoms in total. The summed E-state index contributed by atoms with van der Waals surface area (Å²) in [5, 5.41) is 3.23. The molecule has 0 saturated carbocycles. The van der Waals surface area contributed by atoms with Crippen LogP contribution < -0.4 is 10.2 Å². The summed E-state index contributed by atoms with van der Waals surface area (Å²) in [5.74, 6) is 0.893. The van der Waals surface area contributed by atoms with Crippen LogP contribution in [0.2, 0.25) is 0 Å². The fraction of sp³-hybridized carbons (Fsp3) is 0.389. The van der Waals surface area contributed by atoms with Crippen LogP contribution in [-0.2, 0) is 5.41 Å². The van der Waals surface area contributed by atoms with Gasteiger partial charge in [-0.1, -0.05) is 27.0 Å². The molecule has 0 bridgehead atoms. The van der Waals surface area contributed by atoms with Crippen molar-refractivity contribution < 1.29 is 0 Å². The van der Waals surface area contributed by atoms with Crippen molar-refractivity contribution in [1.29, 1.82) is 0 Å². The summed E-state index contributed by atoms with van der Waals surface area (Å²) in [4.78, 5) is 6.84. The van der Waals surface area contributed by atoms with Gasteiger partial charge in [-0.25, -0.2) is 4.99 Å². The first kappa shape index (κ1) is 13.9. The minimum atomic E-state index is 0.0373. The molecule has 0 fully saturated rings. The molecule has 0 atom stereocenters. The van der Waals surface area contributed by atoms with Crippen molar-refractivity contribution in [3.63, 3.8) is 0 Å². The van der Waals surface area contributed by atoms with Gasteiger partial charge in [-0.3, -0.25) is 0 Å². The van der Waals surface area contributed by atoms with E-state index in [2.05, 4.69) is 61.4 Å². The predicted molar refractivity (Wildman–Crippen MR) is 91.2 cm³/mol. The lowest BCUT2D eigenvalue weighted by Gasteiger charge is -2.30. The lowest BCUT2D eigenvalue weighted by Crippen LogP contribution is -2.27. The number of benzene rings is 1. The number of amidine groups is 1. The number of hydrogen-bond acceptors (Lipinski definition) is 3. The Bertz CT molecular complexity index is 678. The highest BCUT2D eigenvalue weighted by Crippen LogP contribution is 2.53. The molecular formula is C18H23N3. The average Bonchev–Trinajstić information content (AvgIpc) is 2.66. The van der Waals surface area contributed by atoms with E-state index in [9.17, 15) is 0 Å². The minimum absolute atomic E-state index is 0.0373. The molecule has 0 saturated heterocycles. The highest BCUT2D eigenvalue weighted by molar-refractivity contribution is 5.97. The first-order valence-corrected chi connectivity index (χ1v) is 7.57. The molecule has 3 rings (SSSR count). The van der Waals surface area contributed by atoms with Crippen LogP contribution in [-0.4, -0.2) is 12.9 Å². The molecule has 1 aromatic carbocycles. The summed E-state index contributed by atoms with van der Waals surface area (Å²) in [5.41, 5.74) is 6.84. The van der Waals surface area contributed by atoms with Crippen LogP contribution in [0.5, 0.6) is 0 Å². The predicted octanol–water partition coefficient (Wildman–Crippen LogP) is 4.33. The Kier molecular flexibility index (Phi) is 2.97. The number of rotatable bonds is 2. The van der Waals surface area contributed by atoms with Gasteiger partial charge in [0.1, 0.15) is 5.84 Å².